The van der Waals surface area contributed by atoms with Crippen LogP contribution < -0.4 is 10.6 Å². The van der Waals surface area contributed by atoms with Crippen LogP contribution >= 0.6 is 0 Å². The Kier molecular flexibility index (Phi) is 4.88. The molecule has 0 radical (unpaired) electrons. The van der Waals surface area contributed by atoms with E-state index in [1.54, 1.807) is 6.07 Å². The van der Waals surface area contributed by atoms with Gasteiger partial charge in [0.05, 0.1) is 18.1 Å². The number of nitrogens with one attached hydrogen (secondary N) is 2. The van der Waals surface area contributed by atoms with Crippen molar-refractivity contribution in [2.24, 2.45) is 0 Å². The highest BCUT2D eigenvalue weighted by Gasteiger charge is 2.10. The lowest BCUT2D eigenvalue weighted by Gasteiger charge is -2.09. The van der Waals surface area contributed by atoms with Crippen LogP contribution in [0.1, 0.15) is 21.6 Å². The molecule has 0 aliphatic heterocycles. The fourth-order valence-corrected chi connectivity index (χ4v) is 2.25. The van der Waals surface area contributed by atoms with Gasteiger partial charge in [-0.3, -0.25) is 4.79 Å². The average molecular weight is 354 g/mol. The number of amides is 1. The van der Waals surface area contributed by atoms with Crippen LogP contribution in [-0.2, 0) is 0 Å². The highest BCUT2D eigenvalue weighted by atomic mass is 19.1. The fraction of sp³-hybridized carbons (Fsp3) is 0.105. The maximum absolute atomic E-state index is 13.6. The Bertz CT molecular complexity index is 958. The lowest BCUT2D eigenvalue weighted by atomic mass is 10.1. The van der Waals surface area contributed by atoms with Crippen LogP contribution in [0.5, 0.6) is 0 Å². The van der Waals surface area contributed by atoms with Crippen molar-refractivity contribution >= 4 is 23.1 Å². The molecular formula is C19H16F2N4O. The molecule has 1 aromatic heterocycles. The van der Waals surface area contributed by atoms with Crippen LogP contribution in [0, 0.1) is 25.5 Å². The first-order valence-corrected chi connectivity index (χ1v) is 7.85. The quantitative estimate of drug-likeness (QED) is 0.730. The molecule has 132 valence electrons. The van der Waals surface area contributed by atoms with Crippen LogP contribution in [-0.4, -0.2) is 15.9 Å². The van der Waals surface area contributed by atoms with Gasteiger partial charge in [0.1, 0.15) is 23.1 Å². The molecule has 2 aromatic carbocycles. The van der Waals surface area contributed by atoms with Gasteiger partial charge in [-0.2, -0.15) is 0 Å². The second-order valence-corrected chi connectivity index (χ2v) is 5.79. The summed E-state index contributed by atoms with van der Waals surface area (Å²) in [6.07, 6.45) is 2.58. The molecule has 0 aliphatic carbocycles. The zero-order valence-electron chi connectivity index (χ0n) is 14.2. The highest BCUT2D eigenvalue weighted by Crippen LogP contribution is 2.19. The highest BCUT2D eigenvalue weighted by molar-refractivity contribution is 6.02. The minimum absolute atomic E-state index is 0.0630. The molecule has 7 heteroatoms. The monoisotopic (exact) mass is 354 g/mol. The van der Waals surface area contributed by atoms with E-state index in [1.807, 2.05) is 26.0 Å². The molecule has 0 saturated carbocycles. The van der Waals surface area contributed by atoms with E-state index >= 15 is 0 Å². The first kappa shape index (κ1) is 17.5. The molecule has 0 atom stereocenters. The molecule has 3 aromatic rings. The lowest BCUT2D eigenvalue weighted by molar-refractivity contribution is 0.102. The molecule has 5 nitrogen and oxygen atoms in total. The largest absolute Gasteiger partial charge is 0.337 e. The Hall–Kier alpha value is -3.35. The summed E-state index contributed by atoms with van der Waals surface area (Å²) in [6.45, 7) is 3.95. The predicted molar refractivity (Wildman–Crippen MR) is 95.5 cm³/mol. The molecule has 1 amide bonds. The summed E-state index contributed by atoms with van der Waals surface area (Å²) in [7, 11) is 0. The van der Waals surface area contributed by atoms with Crippen molar-refractivity contribution in [2.45, 2.75) is 13.8 Å². The summed E-state index contributed by atoms with van der Waals surface area (Å²) < 4.78 is 26.5. The summed E-state index contributed by atoms with van der Waals surface area (Å²) in [5.74, 6) is -1.58. The number of carbonyl (C=O) groups excluding carboxylic acids is 1. The number of aromatic nitrogens is 2. The third kappa shape index (κ3) is 4.00. The van der Waals surface area contributed by atoms with Crippen molar-refractivity contribution in [1.82, 2.24) is 9.97 Å². The first-order chi connectivity index (χ1) is 12.4. The number of benzene rings is 2. The van der Waals surface area contributed by atoms with Crippen molar-refractivity contribution in [2.75, 3.05) is 10.6 Å². The summed E-state index contributed by atoms with van der Waals surface area (Å²) in [6, 6.07) is 8.74. The molecule has 0 fully saturated rings. The van der Waals surface area contributed by atoms with Gasteiger partial charge >= 0.3 is 0 Å². The standard InChI is InChI=1S/C19H16F2N4O/c1-11-3-5-14(7-12(11)2)24-19(26)17-9-23-18(10-22-17)25-16-6-4-13(20)8-15(16)21/h3-10H,1-2H3,(H,23,25)(H,24,26). The first-order valence-electron chi connectivity index (χ1n) is 7.85. The Morgan fingerprint density at radius 1 is 0.962 bits per heavy atom. The predicted octanol–water partition coefficient (Wildman–Crippen LogP) is 4.37. The number of hydrogen-bond donors (Lipinski definition) is 2. The molecule has 0 saturated heterocycles. The molecule has 0 spiro atoms. The maximum Gasteiger partial charge on any atom is 0.275 e. The van der Waals surface area contributed by atoms with E-state index in [1.165, 1.54) is 18.5 Å². The van der Waals surface area contributed by atoms with Gasteiger partial charge < -0.3 is 10.6 Å². The molecule has 1 heterocycles. The van der Waals surface area contributed by atoms with E-state index in [9.17, 15) is 13.6 Å². The molecule has 0 unspecified atom stereocenters. The topological polar surface area (TPSA) is 66.9 Å². The van der Waals surface area contributed by atoms with E-state index in [0.29, 0.717) is 5.69 Å². The van der Waals surface area contributed by atoms with Crippen molar-refractivity contribution in [3.05, 3.63) is 77.2 Å². The van der Waals surface area contributed by atoms with E-state index < -0.39 is 17.5 Å². The number of nitrogens with zero attached hydrogens (tertiary/aromatic N) is 2. The van der Waals surface area contributed by atoms with E-state index in [2.05, 4.69) is 20.6 Å². The van der Waals surface area contributed by atoms with E-state index in [-0.39, 0.29) is 17.2 Å². The molecule has 0 bridgehead atoms. The van der Waals surface area contributed by atoms with Gasteiger partial charge in [-0.05, 0) is 49.2 Å². The summed E-state index contributed by atoms with van der Waals surface area (Å²) in [5.41, 5.74) is 3.04. The Balaban J connectivity index is 1.70. The minimum Gasteiger partial charge on any atom is -0.337 e. The van der Waals surface area contributed by atoms with E-state index in [0.717, 1.165) is 23.3 Å². The lowest BCUT2D eigenvalue weighted by Crippen LogP contribution is -2.14. The number of rotatable bonds is 4. The SMILES string of the molecule is Cc1ccc(NC(=O)c2cnc(Nc3ccc(F)cc3F)cn2)cc1C. The smallest absolute Gasteiger partial charge is 0.275 e. The van der Waals surface area contributed by atoms with Crippen LogP contribution in [0.25, 0.3) is 0 Å². The normalized spacial score (nSPS) is 10.5. The van der Waals surface area contributed by atoms with Crippen LogP contribution in [0.3, 0.4) is 0 Å². The zero-order chi connectivity index (χ0) is 18.7. The average Bonchev–Trinajstić information content (AvgIpc) is 2.61. The van der Waals surface area contributed by atoms with Gasteiger partial charge in [-0.15, -0.1) is 0 Å². The van der Waals surface area contributed by atoms with Crippen molar-refractivity contribution in [3.63, 3.8) is 0 Å². The third-order valence-electron chi connectivity index (χ3n) is 3.84. The molecule has 0 aliphatic rings. The van der Waals surface area contributed by atoms with Crippen LogP contribution in [0.4, 0.5) is 26.0 Å². The molecule has 3 rings (SSSR count). The van der Waals surface area contributed by atoms with Crippen LogP contribution in [0.2, 0.25) is 0 Å². The van der Waals surface area contributed by atoms with Crippen molar-refractivity contribution in [1.29, 1.82) is 0 Å². The Morgan fingerprint density at radius 2 is 1.77 bits per heavy atom. The van der Waals surface area contributed by atoms with Gasteiger partial charge in [-0.25, -0.2) is 18.7 Å². The minimum atomic E-state index is -0.747. The van der Waals surface area contributed by atoms with Gasteiger partial charge in [0, 0.05) is 11.8 Å². The maximum atomic E-state index is 13.6. The number of anilines is 3. The fourth-order valence-electron chi connectivity index (χ4n) is 2.25. The Morgan fingerprint density at radius 3 is 2.42 bits per heavy atom. The molecule has 2 N–H and O–H groups in total. The number of halogens is 2. The van der Waals surface area contributed by atoms with E-state index in [4.69, 9.17) is 0 Å². The van der Waals surface area contributed by atoms with Gasteiger partial charge in [0.15, 0.2) is 0 Å². The zero-order valence-corrected chi connectivity index (χ0v) is 14.2. The number of hydrogen-bond acceptors (Lipinski definition) is 4. The van der Waals surface area contributed by atoms with Crippen molar-refractivity contribution in [3.8, 4) is 0 Å². The second kappa shape index (κ2) is 7.26. The van der Waals surface area contributed by atoms with Gasteiger partial charge in [-0.1, -0.05) is 6.07 Å². The molecular weight excluding hydrogens is 338 g/mol. The van der Waals surface area contributed by atoms with Gasteiger partial charge in [0.2, 0.25) is 0 Å². The number of aryl methyl sites for hydroxylation is 2. The number of carbonyl (C=O) groups is 1. The molecule has 26 heavy (non-hydrogen) atoms. The third-order valence-corrected chi connectivity index (χ3v) is 3.84. The van der Waals surface area contributed by atoms with Gasteiger partial charge in [0.25, 0.3) is 5.91 Å². The summed E-state index contributed by atoms with van der Waals surface area (Å²) >= 11 is 0. The summed E-state index contributed by atoms with van der Waals surface area (Å²) in [4.78, 5) is 20.3. The van der Waals surface area contributed by atoms with Crippen LogP contribution in [0.15, 0.2) is 48.8 Å². The summed E-state index contributed by atoms with van der Waals surface area (Å²) in [5, 5.41) is 5.43. The van der Waals surface area contributed by atoms with Crippen molar-refractivity contribution < 1.29 is 13.6 Å². The Labute approximate surface area is 149 Å². The second-order valence-electron chi connectivity index (χ2n) is 5.79.